The molecule has 1 nitrogen and oxygen atoms in total. The number of hydrogen-bond donors (Lipinski definition) is 0. The number of halogens is 1. The first kappa shape index (κ1) is 21.9. The lowest BCUT2D eigenvalue weighted by Crippen LogP contribution is -2.15. The van der Waals surface area contributed by atoms with E-state index in [1.807, 2.05) is 36.4 Å². The first-order chi connectivity index (χ1) is 15.2. The molecule has 4 rings (SSSR count). The van der Waals surface area contributed by atoms with E-state index in [2.05, 4.69) is 25.1 Å². The molecule has 0 atom stereocenters. The Labute approximate surface area is 186 Å². The minimum atomic E-state index is -0.139. The van der Waals surface area contributed by atoms with E-state index in [0.29, 0.717) is 10.9 Å². The Hall–Kier alpha value is -2.35. The van der Waals surface area contributed by atoms with Crippen molar-refractivity contribution in [1.29, 1.82) is 0 Å². The molecule has 0 aromatic heterocycles. The van der Waals surface area contributed by atoms with Crippen LogP contribution in [0.15, 0.2) is 54.6 Å². The molecule has 1 saturated carbocycles. The predicted octanol–water partition coefficient (Wildman–Crippen LogP) is 8.58. The maximum Gasteiger partial charge on any atom is 0.138 e. The van der Waals surface area contributed by atoms with E-state index in [9.17, 15) is 0 Å². The number of benzene rings is 3. The van der Waals surface area contributed by atoms with E-state index in [0.717, 1.165) is 35.0 Å². The zero-order valence-corrected chi connectivity index (χ0v) is 19.0. The Bertz CT molecular complexity index is 984. The minimum Gasteiger partial charge on any atom is -0.497 e. The normalized spacial score (nSPS) is 18.9. The molecule has 0 amide bonds. The molecule has 0 aliphatic heterocycles. The number of aryl methyl sites for hydroxylation is 1. The molecule has 0 unspecified atom stereocenters. The molecular weight excluding hydrogens is 383 g/mol. The summed E-state index contributed by atoms with van der Waals surface area (Å²) >= 11 is 0. The quantitative estimate of drug-likeness (QED) is 0.356. The SMILES string of the molecule is CCCCC1CCC(CCc2ccc3c(F)c(-c4ccc(OC)cc4)ccc3c2)CC1. The van der Waals surface area contributed by atoms with E-state index in [4.69, 9.17) is 4.74 Å². The van der Waals surface area contributed by atoms with Gasteiger partial charge in [-0.2, -0.15) is 0 Å². The van der Waals surface area contributed by atoms with Crippen molar-refractivity contribution in [2.45, 2.75) is 64.7 Å². The lowest BCUT2D eigenvalue weighted by atomic mass is 9.78. The van der Waals surface area contributed by atoms with Crippen LogP contribution in [-0.4, -0.2) is 7.11 Å². The van der Waals surface area contributed by atoms with E-state index < -0.39 is 0 Å². The van der Waals surface area contributed by atoms with E-state index in [1.54, 1.807) is 7.11 Å². The molecule has 31 heavy (non-hydrogen) atoms. The van der Waals surface area contributed by atoms with Gasteiger partial charge in [-0.3, -0.25) is 0 Å². The van der Waals surface area contributed by atoms with Gasteiger partial charge in [0.05, 0.1) is 7.11 Å². The predicted molar refractivity (Wildman–Crippen MR) is 129 cm³/mol. The second-order valence-electron chi connectivity index (χ2n) is 9.28. The fraction of sp³-hybridized carbons (Fsp3) is 0.448. The molecule has 3 aromatic rings. The number of rotatable bonds is 8. The molecule has 1 aliphatic rings. The van der Waals surface area contributed by atoms with Crippen LogP contribution in [0.1, 0.15) is 63.9 Å². The van der Waals surface area contributed by atoms with Crippen molar-refractivity contribution in [3.63, 3.8) is 0 Å². The highest BCUT2D eigenvalue weighted by molar-refractivity contribution is 5.88. The molecular formula is C29H35FO. The monoisotopic (exact) mass is 418 g/mol. The molecule has 164 valence electrons. The molecule has 0 N–H and O–H groups in total. The topological polar surface area (TPSA) is 9.23 Å². The van der Waals surface area contributed by atoms with Crippen LogP contribution in [0, 0.1) is 17.7 Å². The van der Waals surface area contributed by atoms with Crippen molar-refractivity contribution < 1.29 is 9.13 Å². The molecule has 0 radical (unpaired) electrons. The highest BCUT2D eigenvalue weighted by Gasteiger charge is 2.20. The third kappa shape index (κ3) is 5.29. The third-order valence-corrected chi connectivity index (χ3v) is 7.19. The molecule has 1 fully saturated rings. The van der Waals surface area contributed by atoms with Gasteiger partial charge in [-0.15, -0.1) is 0 Å². The average Bonchev–Trinajstić information content (AvgIpc) is 2.82. The van der Waals surface area contributed by atoms with Crippen LogP contribution in [0.25, 0.3) is 21.9 Å². The van der Waals surface area contributed by atoms with E-state index in [-0.39, 0.29) is 5.82 Å². The van der Waals surface area contributed by atoms with Gasteiger partial charge < -0.3 is 4.74 Å². The largest absolute Gasteiger partial charge is 0.497 e. The van der Waals surface area contributed by atoms with Crippen molar-refractivity contribution >= 4 is 10.8 Å². The van der Waals surface area contributed by atoms with Crippen molar-refractivity contribution in [2.75, 3.05) is 7.11 Å². The van der Waals surface area contributed by atoms with Gasteiger partial charge in [0.15, 0.2) is 0 Å². The Morgan fingerprint density at radius 3 is 2.26 bits per heavy atom. The summed E-state index contributed by atoms with van der Waals surface area (Å²) in [4.78, 5) is 0. The van der Waals surface area contributed by atoms with Crippen molar-refractivity contribution in [3.8, 4) is 16.9 Å². The van der Waals surface area contributed by atoms with Gasteiger partial charge in [-0.05, 0) is 53.3 Å². The number of hydrogen-bond acceptors (Lipinski definition) is 1. The fourth-order valence-electron chi connectivity index (χ4n) is 5.16. The molecule has 2 heteroatoms. The highest BCUT2D eigenvalue weighted by Crippen LogP contribution is 2.35. The summed E-state index contributed by atoms with van der Waals surface area (Å²) in [5, 5.41) is 1.70. The van der Waals surface area contributed by atoms with Crippen molar-refractivity contribution in [1.82, 2.24) is 0 Å². The van der Waals surface area contributed by atoms with Gasteiger partial charge in [0.25, 0.3) is 0 Å². The Balaban J connectivity index is 1.40. The van der Waals surface area contributed by atoms with Crippen LogP contribution >= 0.6 is 0 Å². The minimum absolute atomic E-state index is 0.139. The van der Waals surface area contributed by atoms with Gasteiger partial charge in [-0.25, -0.2) is 4.39 Å². The number of unbranched alkanes of at least 4 members (excludes halogenated alkanes) is 1. The van der Waals surface area contributed by atoms with Crippen molar-refractivity contribution in [2.24, 2.45) is 11.8 Å². The summed E-state index contributed by atoms with van der Waals surface area (Å²) in [6.45, 7) is 2.29. The van der Waals surface area contributed by atoms with Crippen LogP contribution < -0.4 is 4.74 Å². The maximum absolute atomic E-state index is 15.2. The van der Waals surface area contributed by atoms with Gasteiger partial charge in [0, 0.05) is 10.9 Å². The summed E-state index contributed by atoms with van der Waals surface area (Å²) in [5.74, 6) is 2.48. The standard InChI is InChI=1S/C29H35FO/c1-3-4-5-21-6-8-22(9-7-21)10-11-23-12-18-28-25(20-23)15-19-27(29(28)30)24-13-16-26(31-2)17-14-24/h12-22H,3-11H2,1-2H3. The molecule has 0 heterocycles. The number of ether oxygens (including phenoxy) is 1. The van der Waals surface area contributed by atoms with Gasteiger partial charge in [0.1, 0.15) is 11.6 Å². The zero-order valence-electron chi connectivity index (χ0n) is 19.0. The highest BCUT2D eigenvalue weighted by atomic mass is 19.1. The van der Waals surface area contributed by atoms with E-state index >= 15 is 4.39 Å². The second kappa shape index (κ2) is 10.3. The fourth-order valence-corrected chi connectivity index (χ4v) is 5.16. The smallest absolute Gasteiger partial charge is 0.138 e. The molecule has 0 bridgehead atoms. The van der Waals surface area contributed by atoms with Gasteiger partial charge in [0.2, 0.25) is 0 Å². The number of methoxy groups -OCH3 is 1. The van der Waals surface area contributed by atoms with Gasteiger partial charge in [-0.1, -0.05) is 94.3 Å². The summed E-state index contributed by atoms with van der Waals surface area (Å²) < 4.78 is 20.5. The number of fused-ring (bicyclic) bond motifs is 1. The lowest BCUT2D eigenvalue weighted by molar-refractivity contribution is 0.250. The van der Waals surface area contributed by atoms with Crippen LogP contribution in [0.3, 0.4) is 0 Å². The Kier molecular flexibility index (Phi) is 7.27. The van der Waals surface area contributed by atoms with Crippen molar-refractivity contribution in [3.05, 3.63) is 66.0 Å². The zero-order chi connectivity index (χ0) is 21.6. The molecule has 0 saturated heterocycles. The van der Waals surface area contributed by atoms with Crippen LogP contribution in [-0.2, 0) is 6.42 Å². The van der Waals surface area contributed by atoms with Gasteiger partial charge >= 0.3 is 0 Å². The van der Waals surface area contributed by atoms with Crippen LogP contribution in [0.2, 0.25) is 0 Å². The second-order valence-corrected chi connectivity index (χ2v) is 9.28. The summed E-state index contributed by atoms with van der Waals surface area (Å²) in [6, 6.07) is 17.8. The molecule has 1 aliphatic carbocycles. The Morgan fingerprint density at radius 1 is 0.871 bits per heavy atom. The summed E-state index contributed by atoms with van der Waals surface area (Å²) in [7, 11) is 1.64. The molecule has 3 aromatic carbocycles. The average molecular weight is 419 g/mol. The summed E-state index contributed by atoms with van der Waals surface area (Å²) in [6.07, 6.45) is 12.1. The Morgan fingerprint density at radius 2 is 1.58 bits per heavy atom. The molecule has 0 spiro atoms. The first-order valence-electron chi connectivity index (χ1n) is 12.0. The lowest BCUT2D eigenvalue weighted by Gasteiger charge is -2.28. The van der Waals surface area contributed by atoms with Crippen LogP contribution in [0.5, 0.6) is 5.75 Å². The maximum atomic E-state index is 15.2. The van der Waals surface area contributed by atoms with E-state index in [1.165, 1.54) is 56.9 Å². The third-order valence-electron chi connectivity index (χ3n) is 7.19. The van der Waals surface area contributed by atoms with Crippen LogP contribution in [0.4, 0.5) is 4.39 Å². The summed E-state index contributed by atoms with van der Waals surface area (Å²) in [5.41, 5.74) is 2.85. The first-order valence-corrected chi connectivity index (χ1v) is 12.0.